The molecule has 8 heteroatoms. The minimum Gasteiger partial charge on any atom is -0.395 e. The van der Waals surface area contributed by atoms with E-state index in [-0.39, 0.29) is 19.3 Å². The van der Waals surface area contributed by atoms with Gasteiger partial charge in [-0.3, -0.25) is 4.90 Å². The number of fused-ring (bicyclic) bond motifs is 4. The van der Waals surface area contributed by atoms with Gasteiger partial charge in [0, 0.05) is 34.6 Å². The van der Waals surface area contributed by atoms with Gasteiger partial charge < -0.3 is 15.2 Å². The van der Waals surface area contributed by atoms with Crippen LogP contribution in [0, 0.1) is 26.7 Å². The van der Waals surface area contributed by atoms with Crippen molar-refractivity contribution >= 4 is 27.2 Å². The van der Waals surface area contributed by atoms with E-state index in [0.717, 1.165) is 18.6 Å². The molecule has 1 aliphatic carbocycles. The molecule has 6 rings (SSSR count). The average Bonchev–Trinajstić information content (AvgIpc) is 3.64. The summed E-state index contributed by atoms with van der Waals surface area (Å²) in [6.45, 7) is 12.2. The topological polar surface area (TPSA) is 89.7 Å². The molecule has 2 fully saturated rings. The van der Waals surface area contributed by atoms with Crippen molar-refractivity contribution in [2.24, 2.45) is 5.92 Å². The number of aryl methyl sites for hydroxylation is 2. The normalized spacial score (nSPS) is 22.7. The number of hydrogen-bond donors (Lipinski definition) is 3. The van der Waals surface area contributed by atoms with Crippen molar-refractivity contribution in [3.05, 3.63) is 39.7 Å². The molecule has 1 aliphatic heterocycles. The van der Waals surface area contributed by atoms with E-state index in [4.69, 9.17) is 0 Å². The molecule has 0 spiro atoms. The number of nitrogens with one attached hydrogen (secondary N) is 1. The van der Waals surface area contributed by atoms with Crippen molar-refractivity contribution in [3.8, 4) is 11.3 Å². The van der Waals surface area contributed by atoms with Gasteiger partial charge >= 0.3 is 0 Å². The highest BCUT2D eigenvalue weighted by Gasteiger charge is 2.48. The summed E-state index contributed by atoms with van der Waals surface area (Å²) in [5, 5.41) is 25.2. The Hall–Kier alpha value is -2.26. The van der Waals surface area contributed by atoms with Crippen LogP contribution in [0.15, 0.2) is 12.5 Å². The number of aromatic amines is 1. The Morgan fingerprint density at radius 1 is 1.11 bits per heavy atom. The van der Waals surface area contributed by atoms with Gasteiger partial charge in [0.1, 0.15) is 11.2 Å². The van der Waals surface area contributed by atoms with E-state index in [2.05, 4.69) is 60.8 Å². The lowest BCUT2D eigenvalue weighted by Crippen LogP contribution is -2.46. The summed E-state index contributed by atoms with van der Waals surface area (Å²) in [4.78, 5) is 13.4. The highest BCUT2D eigenvalue weighted by molar-refractivity contribution is 7.19. The average molecular weight is 494 g/mol. The summed E-state index contributed by atoms with van der Waals surface area (Å²) in [6, 6.07) is 0.350. The largest absolute Gasteiger partial charge is 0.395 e. The molecule has 35 heavy (non-hydrogen) atoms. The maximum atomic E-state index is 9.68. The van der Waals surface area contributed by atoms with Crippen LogP contribution in [-0.4, -0.2) is 66.5 Å². The molecular formula is C27H35N5O2S. The molecule has 1 saturated heterocycles. The van der Waals surface area contributed by atoms with Gasteiger partial charge in [0.25, 0.3) is 0 Å². The Balaban J connectivity index is 1.42. The van der Waals surface area contributed by atoms with Crippen molar-refractivity contribution < 1.29 is 10.2 Å². The first kappa shape index (κ1) is 23.2. The second kappa shape index (κ2) is 8.40. The lowest BCUT2D eigenvalue weighted by Gasteiger charge is -2.35. The molecule has 0 radical (unpaired) electrons. The van der Waals surface area contributed by atoms with E-state index in [1.807, 2.05) is 15.9 Å². The first-order valence-electron chi connectivity index (χ1n) is 12.8. The summed E-state index contributed by atoms with van der Waals surface area (Å²) in [5.74, 6) is 1.55. The van der Waals surface area contributed by atoms with Crippen LogP contribution in [0.3, 0.4) is 0 Å². The molecule has 2 bridgehead atoms. The molecule has 0 aromatic carbocycles. The number of aliphatic hydroxyl groups is 2. The van der Waals surface area contributed by atoms with Crippen LogP contribution < -0.4 is 0 Å². The second-order valence-electron chi connectivity index (χ2n) is 10.9. The molecule has 186 valence electrons. The van der Waals surface area contributed by atoms with Gasteiger partial charge in [0.05, 0.1) is 24.9 Å². The van der Waals surface area contributed by atoms with Gasteiger partial charge in [-0.05, 0) is 73.6 Å². The van der Waals surface area contributed by atoms with Crippen LogP contribution in [0.2, 0.25) is 0 Å². The highest BCUT2D eigenvalue weighted by Crippen LogP contribution is 2.53. The Labute approximate surface area is 209 Å². The van der Waals surface area contributed by atoms with E-state index >= 15 is 0 Å². The van der Waals surface area contributed by atoms with Crippen LogP contribution in [0.5, 0.6) is 0 Å². The number of aliphatic hydroxyl groups excluding tert-OH is 2. The molecule has 1 saturated carbocycles. The number of thiophene rings is 1. The summed E-state index contributed by atoms with van der Waals surface area (Å²) in [5.41, 5.74) is 8.56. The fraction of sp³-hybridized carbons (Fsp3) is 0.556. The summed E-state index contributed by atoms with van der Waals surface area (Å²) >= 11 is 1.94. The predicted molar refractivity (Wildman–Crippen MR) is 140 cm³/mol. The number of likely N-dealkylation sites (tertiary alicyclic amines) is 1. The van der Waals surface area contributed by atoms with E-state index < -0.39 is 0 Å². The first-order chi connectivity index (χ1) is 16.8. The van der Waals surface area contributed by atoms with Gasteiger partial charge in [-0.2, -0.15) is 5.10 Å². The number of nitrogens with zero attached hydrogens (tertiary/aromatic N) is 4. The van der Waals surface area contributed by atoms with Gasteiger partial charge in [-0.1, -0.05) is 13.8 Å². The molecule has 0 amide bonds. The zero-order chi connectivity index (χ0) is 24.6. The second-order valence-corrected chi connectivity index (χ2v) is 11.9. The van der Waals surface area contributed by atoms with Crippen molar-refractivity contribution in [1.29, 1.82) is 0 Å². The Morgan fingerprint density at radius 2 is 1.89 bits per heavy atom. The third-order valence-corrected chi connectivity index (χ3v) is 10.1. The molecule has 5 heterocycles. The maximum absolute atomic E-state index is 9.68. The molecule has 7 nitrogen and oxygen atoms in total. The van der Waals surface area contributed by atoms with Crippen LogP contribution in [-0.2, 0) is 0 Å². The minimum absolute atomic E-state index is 0.0330. The van der Waals surface area contributed by atoms with Gasteiger partial charge in [0.15, 0.2) is 5.65 Å². The van der Waals surface area contributed by atoms with E-state index in [9.17, 15) is 10.2 Å². The van der Waals surface area contributed by atoms with Crippen LogP contribution in [0.25, 0.3) is 27.1 Å². The fourth-order valence-corrected chi connectivity index (χ4v) is 8.30. The van der Waals surface area contributed by atoms with E-state index in [1.165, 1.54) is 55.0 Å². The van der Waals surface area contributed by atoms with Crippen molar-refractivity contribution in [3.63, 3.8) is 0 Å². The van der Waals surface area contributed by atoms with Crippen LogP contribution in [0.1, 0.15) is 65.7 Å². The Morgan fingerprint density at radius 3 is 2.54 bits per heavy atom. The monoisotopic (exact) mass is 493 g/mol. The molecule has 4 aromatic rings. The van der Waals surface area contributed by atoms with Crippen molar-refractivity contribution in [1.82, 2.24) is 24.5 Å². The number of pyridine rings is 1. The maximum Gasteiger partial charge on any atom is 0.158 e. The predicted octanol–water partition coefficient (Wildman–Crippen LogP) is 4.52. The Kier molecular flexibility index (Phi) is 5.56. The molecule has 3 atom stereocenters. The quantitative estimate of drug-likeness (QED) is 0.368. The SMILES string of the molecule is Cc1c(-c2[nH]c3sc([C@@H]4C[C@@H]5C[C@H]4CN5C(CO)CO)c(C)c3c2C(C)C)cn2ncnc2c1C. The minimum atomic E-state index is -0.117. The number of H-pyrrole nitrogens is 1. The molecule has 2 aliphatic rings. The third-order valence-electron chi connectivity index (χ3n) is 8.75. The van der Waals surface area contributed by atoms with Gasteiger partial charge in [-0.15, -0.1) is 11.3 Å². The standard InChI is InChI=1S/C27H35N5O2S/c1-13(2)22-23-16(5)25(20-7-18-6-17(20)8-31(18)19(10-33)11-34)35-27(23)30-24(22)21-9-32-26(28-12-29-32)15(4)14(21)3/h9,12-13,17-20,30,33-34H,6-8,10-11H2,1-5H3/t17-,18-,20+/m0/s1. The molecular weight excluding hydrogens is 458 g/mol. The fourth-order valence-electron chi connectivity index (χ4n) is 6.87. The Bertz CT molecular complexity index is 1410. The van der Waals surface area contributed by atoms with Crippen LogP contribution in [0.4, 0.5) is 0 Å². The smallest absolute Gasteiger partial charge is 0.158 e. The number of aromatic nitrogens is 4. The third kappa shape index (κ3) is 3.34. The lowest BCUT2D eigenvalue weighted by molar-refractivity contribution is 0.0497. The van der Waals surface area contributed by atoms with Gasteiger partial charge in [-0.25, -0.2) is 9.50 Å². The summed E-state index contributed by atoms with van der Waals surface area (Å²) in [7, 11) is 0. The zero-order valence-electron chi connectivity index (χ0n) is 21.2. The van der Waals surface area contributed by atoms with E-state index in [0.29, 0.717) is 23.8 Å². The first-order valence-corrected chi connectivity index (χ1v) is 13.6. The molecule has 4 aromatic heterocycles. The molecule has 0 unspecified atom stereocenters. The number of hydrogen-bond acceptors (Lipinski definition) is 6. The van der Waals surface area contributed by atoms with Crippen molar-refractivity contribution in [2.45, 2.75) is 71.4 Å². The highest BCUT2D eigenvalue weighted by atomic mass is 32.1. The van der Waals surface area contributed by atoms with E-state index in [1.54, 1.807) is 6.33 Å². The number of piperidine rings is 1. The molecule has 3 N–H and O–H groups in total. The summed E-state index contributed by atoms with van der Waals surface area (Å²) in [6.07, 6.45) is 6.03. The number of rotatable bonds is 6. The summed E-state index contributed by atoms with van der Waals surface area (Å²) < 4.78 is 1.89. The van der Waals surface area contributed by atoms with Crippen molar-refractivity contribution in [2.75, 3.05) is 19.8 Å². The van der Waals surface area contributed by atoms with Crippen LogP contribution >= 0.6 is 11.3 Å². The zero-order valence-corrected chi connectivity index (χ0v) is 22.0. The lowest BCUT2D eigenvalue weighted by atomic mass is 9.88. The van der Waals surface area contributed by atoms with Gasteiger partial charge in [0.2, 0.25) is 0 Å².